The van der Waals surface area contributed by atoms with E-state index in [1.807, 2.05) is 0 Å². The zero-order chi connectivity index (χ0) is 9.73. The molecule has 0 fully saturated rings. The first-order valence-electron chi connectivity index (χ1n) is 3.67. The number of rotatable bonds is 4. The van der Waals surface area contributed by atoms with Crippen molar-refractivity contribution in [2.75, 3.05) is 13.3 Å². The van der Waals surface area contributed by atoms with Gasteiger partial charge in [-0.3, -0.25) is 4.18 Å². The zero-order valence-electron chi connectivity index (χ0n) is 6.81. The van der Waals surface area contributed by atoms with Crippen LogP contribution in [-0.4, -0.2) is 21.7 Å². The maximum atomic E-state index is 11.6. The first kappa shape index (κ1) is 10.1. The molecule has 0 bridgehead atoms. The maximum Gasteiger partial charge on any atom is 0.297 e. The van der Waals surface area contributed by atoms with Gasteiger partial charge in [-0.25, -0.2) is 4.39 Å². The average molecular weight is 204 g/mol. The van der Waals surface area contributed by atoms with Crippen LogP contribution in [0.3, 0.4) is 0 Å². The fourth-order valence-electron chi connectivity index (χ4n) is 0.796. The van der Waals surface area contributed by atoms with Gasteiger partial charge in [0, 0.05) is 0 Å². The van der Waals surface area contributed by atoms with Crippen LogP contribution in [0, 0.1) is 0 Å². The minimum atomic E-state index is -3.76. The van der Waals surface area contributed by atoms with Crippen molar-refractivity contribution in [3.63, 3.8) is 0 Å². The molecule has 1 aromatic rings. The molecule has 0 spiro atoms. The van der Waals surface area contributed by atoms with Crippen molar-refractivity contribution < 1.29 is 17.0 Å². The zero-order valence-corrected chi connectivity index (χ0v) is 7.63. The van der Waals surface area contributed by atoms with Crippen molar-refractivity contribution in [3.05, 3.63) is 30.3 Å². The molecule has 0 saturated heterocycles. The summed E-state index contributed by atoms with van der Waals surface area (Å²) < 4.78 is 38.4. The second kappa shape index (κ2) is 4.34. The standard InChI is InChI=1S/C8H9FO3S/c9-6-7-12-13(10,11)8-4-2-1-3-5-8/h1-5H,6-7H2. The molecule has 0 atom stereocenters. The molecule has 0 aliphatic heterocycles. The van der Waals surface area contributed by atoms with Crippen LogP contribution in [0.2, 0.25) is 0 Å². The quantitative estimate of drug-likeness (QED) is 0.695. The summed E-state index contributed by atoms with van der Waals surface area (Å²) >= 11 is 0. The lowest BCUT2D eigenvalue weighted by atomic mass is 10.4. The molecule has 0 saturated carbocycles. The third kappa shape index (κ3) is 2.78. The van der Waals surface area contributed by atoms with Gasteiger partial charge in [0.05, 0.1) is 11.5 Å². The van der Waals surface area contributed by atoms with Gasteiger partial charge in [0.25, 0.3) is 10.1 Å². The lowest BCUT2D eigenvalue weighted by Crippen LogP contribution is -2.08. The Balaban J connectivity index is 2.83. The first-order chi connectivity index (χ1) is 6.17. The Morgan fingerprint density at radius 2 is 1.85 bits per heavy atom. The minimum absolute atomic E-state index is 0.0449. The van der Waals surface area contributed by atoms with Crippen LogP contribution < -0.4 is 0 Å². The summed E-state index contributed by atoms with van der Waals surface area (Å²) in [7, 11) is -3.76. The molecule has 3 nitrogen and oxygen atoms in total. The van der Waals surface area contributed by atoms with Crippen LogP contribution in [0.15, 0.2) is 35.2 Å². The first-order valence-corrected chi connectivity index (χ1v) is 5.08. The van der Waals surface area contributed by atoms with Crippen LogP contribution >= 0.6 is 0 Å². The van der Waals surface area contributed by atoms with Crippen LogP contribution in [0.5, 0.6) is 0 Å². The van der Waals surface area contributed by atoms with Crippen molar-refractivity contribution in [2.45, 2.75) is 4.90 Å². The highest BCUT2D eigenvalue weighted by Gasteiger charge is 2.13. The van der Waals surface area contributed by atoms with E-state index >= 15 is 0 Å². The Labute approximate surface area is 76.3 Å². The second-order valence-electron chi connectivity index (χ2n) is 2.28. The van der Waals surface area contributed by atoms with Gasteiger partial charge >= 0.3 is 0 Å². The lowest BCUT2D eigenvalue weighted by Gasteiger charge is -2.02. The van der Waals surface area contributed by atoms with Gasteiger partial charge in [-0.15, -0.1) is 0 Å². The van der Waals surface area contributed by atoms with Crippen molar-refractivity contribution >= 4 is 10.1 Å². The molecule has 0 N–H and O–H groups in total. The summed E-state index contributed by atoms with van der Waals surface area (Å²) in [5.41, 5.74) is 0. The van der Waals surface area contributed by atoms with Gasteiger partial charge in [0.1, 0.15) is 6.67 Å². The molecule has 0 unspecified atom stereocenters. The molecular formula is C8H9FO3S. The van der Waals surface area contributed by atoms with Crippen LogP contribution in [0.4, 0.5) is 4.39 Å². The van der Waals surface area contributed by atoms with Crippen molar-refractivity contribution in [2.24, 2.45) is 0 Å². The Morgan fingerprint density at radius 1 is 1.23 bits per heavy atom. The maximum absolute atomic E-state index is 11.6. The molecule has 0 aliphatic carbocycles. The van der Waals surface area contributed by atoms with Gasteiger partial charge in [-0.2, -0.15) is 8.42 Å². The van der Waals surface area contributed by atoms with Gasteiger partial charge in [-0.05, 0) is 12.1 Å². The molecule has 0 heterocycles. The molecule has 0 amide bonds. The summed E-state index contributed by atoms with van der Waals surface area (Å²) in [5.74, 6) is 0. The van der Waals surface area contributed by atoms with E-state index < -0.39 is 23.4 Å². The van der Waals surface area contributed by atoms with E-state index in [9.17, 15) is 12.8 Å². The monoisotopic (exact) mass is 204 g/mol. The van der Waals surface area contributed by atoms with Crippen LogP contribution in [0.1, 0.15) is 0 Å². The van der Waals surface area contributed by atoms with Gasteiger partial charge in [-0.1, -0.05) is 18.2 Å². The Morgan fingerprint density at radius 3 is 2.38 bits per heavy atom. The van der Waals surface area contributed by atoms with E-state index in [1.54, 1.807) is 18.2 Å². The van der Waals surface area contributed by atoms with Gasteiger partial charge in [0.2, 0.25) is 0 Å². The third-order valence-corrected chi connectivity index (χ3v) is 2.67. The lowest BCUT2D eigenvalue weighted by molar-refractivity contribution is 0.277. The summed E-state index contributed by atoms with van der Waals surface area (Å²) in [6.07, 6.45) is 0. The third-order valence-electron chi connectivity index (χ3n) is 1.35. The Hall–Kier alpha value is -0.940. The van der Waals surface area contributed by atoms with E-state index in [0.717, 1.165) is 0 Å². The highest BCUT2D eigenvalue weighted by Crippen LogP contribution is 2.10. The van der Waals surface area contributed by atoms with Crippen LogP contribution in [0.25, 0.3) is 0 Å². The Bertz CT molecular complexity index is 347. The summed E-state index contributed by atoms with van der Waals surface area (Å²) in [5, 5.41) is 0. The fraction of sp³-hybridized carbons (Fsp3) is 0.250. The number of hydrogen-bond acceptors (Lipinski definition) is 3. The normalized spacial score (nSPS) is 11.5. The van der Waals surface area contributed by atoms with Crippen molar-refractivity contribution in [1.29, 1.82) is 0 Å². The predicted octanol–water partition coefficient (Wildman–Crippen LogP) is 1.36. The molecule has 0 radical (unpaired) electrons. The van der Waals surface area contributed by atoms with Crippen molar-refractivity contribution in [1.82, 2.24) is 0 Å². The highest BCUT2D eigenvalue weighted by atomic mass is 32.2. The molecule has 1 rings (SSSR count). The molecular weight excluding hydrogens is 195 g/mol. The van der Waals surface area contributed by atoms with E-state index in [1.165, 1.54) is 12.1 Å². The number of halogens is 1. The SMILES string of the molecule is O=S(=O)(OCCF)c1ccccc1. The molecule has 72 valence electrons. The van der Waals surface area contributed by atoms with Gasteiger partial charge in [0.15, 0.2) is 0 Å². The average Bonchev–Trinajstić information content (AvgIpc) is 2.16. The molecule has 0 aliphatic rings. The minimum Gasteiger partial charge on any atom is -0.264 e. The van der Waals surface area contributed by atoms with Gasteiger partial charge < -0.3 is 0 Å². The molecule has 0 aromatic heterocycles. The fourth-order valence-corrected chi connectivity index (χ4v) is 1.71. The Kier molecular flexibility index (Phi) is 3.39. The van der Waals surface area contributed by atoms with Crippen molar-refractivity contribution in [3.8, 4) is 0 Å². The molecule has 1 aromatic carbocycles. The summed E-state index contributed by atoms with van der Waals surface area (Å²) in [6.45, 7) is -1.25. The second-order valence-corrected chi connectivity index (χ2v) is 3.89. The number of hydrogen-bond donors (Lipinski definition) is 0. The van der Waals surface area contributed by atoms with E-state index in [-0.39, 0.29) is 4.90 Å². The van der Waals surface area contributed by atoms with E-state index in [2.05, 4.69) is 4.18 Å². The highest BCUT2D eigenvalue weighted by molar-refractivity contribution is 7.86. The summed E-state index contributed by atoms with van der Waals surface area (Å²) in [6, 6.07) is 7.63. The smallest absolute Gasteiger partial charge is 0.264 e. The topological polar surface area (TPSA) is 43.4 Å². The molecule has 13 heavy (non-hydrogen) atoms. The predicted molar refractivity (Wildman–Crippen MR) is 45.6 cm³/mol. The summed E-state index contributed by atoms with van der Waals surface area (Å²) in [4.78, 5) is 0.0449. The van der Waals surface area contributed by atoms with E-state index in [0.29, 0.717) is 0 Å². The largest absolute Gasteiger partial charge is 0.297 e. The number of alkyl halides is 1. The van der Waals surface area contributed by atoms with Crippen LogP contribution in [-0.2, 0) is 14.3 Å². The number of benzene rings is 1. The van der Waals surface area contributed by atoms with E-state index in [4.69, 9.17) is 0 Å². The molecule has 5 heteroatoms.